The number of carbonyl (C=O) groups excluding carboxylic acids is 1. The smallest absolute Gasteiger partial charge is 0.321 e. The average molecular weight is 349 g/mol. The highest BCUT2D eigenvalue weighted by molar-refractivity contribution is 9.10. The van der Waals surface area contributed by atoms with Crippen LogP contribution >= 0.6 is 15.9 Å². The molecule has 0 atom stereocenters. The third kappa shape index (κ3) is 5.61. The van der Waals surface area contributed by atoms with Crippen molar-refractivity contribution < 1.29 is 13.2 Å². The second kappa shape index (κ2) is 6.91. The van der Waals surface area contributed by atoms with E-state index in [1.54, 1.807) is 32.2 Å². The molecule has 0 saturated carbocycles. The summed E-state index contributed by atoms with van der Waals surface area (Å²) in [5.74, 6) is 0.0694. The van der Waals surface area contributed by atoms with Crippen molar-refractivity contribution in [2.24, 2.45) is 0 Å². The van der Waals surface area contributed by atoms with E-state index in [1.807, 2.05) is 6.07 Å². The van der Waals surface area contributed by atoms with Gasteiger partial charge in [0.2, 0.25) is 0 Å². The summed E-state index contributed by atoms with van der Waals surface area (Å²) in [5, 5.41) is 2.70. The highest BCUT2D eigenvalue weighted by Gasteiger charge is 2.13. The molecule has 0 fully saturated rings. The first-order valence-corrected chi connectivity index (χ1v) is 8.43. The summed E-state index contributed by atoms with van der Waals surface area (Å²) in [6.45, 7) is 1.77. The van der Waals surface area contributed by atoms with Crippen LogP contribution in [0, 0.1) is 0 Å². The van der Waals surface area contributed by atoms with Crippen molar-refractivity contribution in [2.45, 2.75) is 6.92 Å². The Morgan fingerprint density at radius 1 is 1.42 bits per heavy atom. The Balaban J connectivity index is 2.54. The van der Waals surface area contributed by atoms with Crippen LogP contribution in [0.15, 0.2) is 28.7 Å². The number of hydrogen-bond donors (Lipinski definition) is 1. The molecule has 7 heteroatoms. The van der Waals surface area contributed by atoms with Gasteiger partial charge in [-0.05, 0) is 18.2 Å². The summed E-state index contributed by atoms with van der Waals surface area (Å²) in [6, 6.07) is 6.87. The van der Waals surface area contributed by atoms with Crippen LogP contribution in [0.25, 0.3) is 0 Å². The molecule has 0 aliphatic rings. The average Bonchev–Trinajstić information content (AvgIpc) is 2.36. The van der Waals surface area contributed by atoms with Gasteiger partial charge in [-0.2, -0.15) is 0 Å². The summed E-state index contributed by atoms with van der Waals surface area (Å²) >= 11 is 3.31. The molecule has 1 aromatic rings. The molecular weight excluding hydrogens is 332 g/mol. The lowest BCUT2D eigenvalue weighted by molar-refractivity contribution is 0.225. The fourth-order valence-corrected chi connectivity index (χ4v) is 2.55. The molecule has 0 saturated heterocycles. The first-order valence-electron chi connectivity index (χ1n) is 5.82. The number of anilines is 1. The monoisotopic (exact) mass is 348 g/mol. The molecule has 1 aromatic carbocycles. The van der Waals surface area contributed by atoms with Crippen molar-refractivity contribution in [3.05, 3.63) is 28.7 Å². The maximum atomic E-state index is 11.8. The van der Waals surface area contributed by atoms with Gasteiger partial charge in [0.05, 0.1) is 5.75 Å². The number of urea groups is 1. The van der Waals surface area contributed by atoms with Crippen molar-refractivity contribution in [2.75, 3.05) is 30.4 Å². The van der Waals surface area contributed by atoms with Crippen LogP contribution in [0.5, 0.6) is 0 Å². The van der Waals surface area contributed by atoms with Gasteiger partial charge in [0.1, 0.15) is 0 Å². The van der Waals surface area contributed by atoms with Crippen LogP contribution in [-0.4, -0.2) is 44.4 Å². The van der Waals surface area contributed by atoms with E-state index in [2.05, 4.69) is 21.2 Å². The molecule has 0 radical (unpaired) electrons. The van der Waals surface area contributed by atoms with Gasteiger partial charge in [0, 0.05) is 29.5 Å². The fourth-order valence-electron chi connectivity index (χ4n) is 1.31. The second-order valence-corrected chi connectivity index (χ2v) is 7.49. The number of hydrogen-bond acceptors (Lipinski definition) is 3. The lowest BCUT2D eigenvalue weighted by Gasteiger charge is -2.17. The predicted octanol–water partition coefficient (Wildman–Crippen LogP) is 2.35. The number of rotatable bonds is 5. The van der Waals surface area contributed by atoms with Gasteiger partial charge in [-0.25, -0.2) is 13.2 Å². The predicted molar refractivity (Wildman–Crippen MR) is 80.1 cm³/mol. The number of nitrogens with zero attached hydrogens (tertiary/aromatic N) is 1. The van der Waals surface area contributed by atoms with E-state index in [0.717, 1.165) is 4.47 Å². The van der Waals surface area contributed by atoms with Crippen LogP contribution in [-0.2, 0) is 9.84 Å². The van der Waals surface area contributed by atoms with E-state index in [9.17, 15) is 13.2 Å². The number of amides is 2. The molecule has 0 bridgehead atoms. The first kappa shape index (κ1) is 16.0. The second-order valence-electron chi connectivity index (χ2n) is 4.10. The quantitative estimate of drug-likeness (QED) is 0.887. The van der Waals surface area contributed by atoms with Gasteiger partial charge in [0.15, 0.2) is 9.84 Å². The zero-order valence-electron chi connectivity index (χ0n) is 10.9. The lowest BCUT2D eigenvalue weighted by Crippen LogP contribution is -2.35. The molecule has 1 rings (SSSR count). The zero-order valence-corrected chi connectivity index (χ0v) is 13.3. The van der Waals surface area contributed by atoms with Gasteiger partial charge < -0.3 is 10.2 Å². The van der Waals surface area contributed by atoms with Crippen LogP contribution in [0.4, 0.5) is 10.5 Å². The maximum absolute atomic E-state index is 11.8. The largest absolute Gasteiger partial charge is 0.327 e. The normalized spacial score (nSPS) is 11.1. The number of sulfone groups is 1. The van der Waals surface area contributed by atoms with E-state index >= 15 is 0 Å². The minimum absolute atomic E-state index is 0.0219. The summed E-state index contributed by atoms with van der Waals surface area (Å²) < 4.78 is 23.6. The first-order chi connectivity index (χ1) is 8.84. The summed E-state index contributed by atoms with van der Waals surface area (Å²) in [7, 11) is -1.49. The topological polar surface area (TPSA) is 66.5 Å². The van der Waals surface area contributed by atoms with Gasteiger partial charge in [0.25, 0.3) is 0 Å². The zero-order chi connectivity index (χ0) is 14.5. The number of nitrogens with one attached hydrogen (secondary N) is 1. The van der Waals surface area contributed by atoms with Crippen molar-refractivity contribution in [1.29, 1.82) is 0 Å². The van der Waals surface area contributed by atoms with Crippen LogP contribution < -0.4 is 5.32 Å². The minimum atomic E-state index is -3.06. The Morgan fingerprint density at radius 2 is 2.11 bits per heavy atom. The third-order valence-electron chi connectivity index (χ3n) is 2.60. The summed E-state index contributed by atoms with van der Waals surface area (Å²) in [4.78, 5) is 13.2. The van der Waals surface area contributed by atoms with E-state index in [1.165, 1.54) is 4.90 Å². The van der Waals surface area contributed by atoms with Gasteiger partial charge in [-0.3, -0.25) is 0 Å². The Labute approximate surface area is 122 Å². The molecule has 2 amide bonds. The molecule has 0 aliphatic carbocycles. The number of carbonyl (C=O) groups is 1. The van der Waals surface area contributed by atoms with Crippen molar-refractivity contribution in [1.82, 2.24) is 4.90 Å². The van der Waals surface area contributed by atoms with Crippen LogP contribution in [0.3, 0.4) is 0 Å². The summed E-state index contributed by atoms with van der Waals surface area (Å²) in [5.41, 5.74) is 0.657. The van der Waals surface area contributed by atoms with E-state index in [-0.39, 0.29) is 24.1 Å². The van der Waals surface area contributed by atoms with Crippen molar-refractivity contribution in [3.8, 4) is 0 Å². The Morgan fingerprint density at radius 3 is 2.68 bits per heavy atom. The minimum Gasteiger partial charge on any atom is -0.327 e. The number of benzene rings is 1. The van der Waals surface area contributed by atoms with Gasteiger partial charge >= 0.3 is 6.03 Å². The van der Waals surface area contributed by atoms with E-state index in [0.29, 0.717) is 5.69 Å². The van der Waals surface area contributed by atoms with E-state index in [4.69, 9.17) is 0 Å². The van der Waals surface area contributed by atoms with Gasteiger partial charge in [-0.1, -0.05) is 28.9 Å². The highest BCUT2D eigenvalue weighted by Crippen LogP contribution is 2.15. The van der Waals surface area contributed by atoms with Gasteiger partial charge in [-0.15, -0.1) is 0 Å². The maximum Gasteiger partial charge on any atom is 0.321 e. The number of halogens is 1. The Hall–Kier alpha value is -1.08. The fraction of sp³-hybridized carbons (Fsp3) is 0.417. The Kier molecular flexibility index (Phi) is 5.81. The molecule has 5 nitrogen and oxygen atoms in total. The highest BCUT2D eigenvalue weighted by atomic mass is 79.9. The SMILES string of the molecule is CCS(=O)(=O)CCN(C)C(=O)Nc1cccc(Br)c1. The molecule has 0 aliphatic heterocycles. The van der Waals surface area contributed by atoms with Crippen LogP contribution in [0.2, 0.25) is 0 Å². The Bertz CT molecular complexity index is 546. The van der Waals surface area contributed by atoms with E-state index < -0.39 is 9.84 Å². The van der Waals surface area contributed by atoms with Crippen molar-refractivity contribution in [3.63, 3.8) is 0 Å². The molecule has 106 valence electrons. The molecular formula is C12H17BrN2O3S. The molecule has 0 unspecified atom stereocenters. The molecule has 0 heterocycles. The molecule has 19 heavy (non-hydrogen) atoms. The third-order valence-corrected chi connectivity index (χ3v) is 4.78. The standard InChI is InChI=1S/C12H17BrN2O3S/c1-3-19(17,18)8-7-15(2)12(16)14-11-6-4-5-10(13)9-11/h4-6,9H,3,7-8H2,1-2H3,(H,14,16). The molecule has 0 aromatic heterocycles. The van der Waals surface area contributed by atoms with Crippen molar-refractivity contribution >= 4 is 37.5 Å². The lowest BCUT2D eigenvalue weighted by atomic mass is 10.3. The molecule has 0 spiro atoms. The summed E-state index contributed by atoms with van der Waals surface area (Å²) in [6.07, 6.45) is 0. The van der Waals surface area contributed by atoms with Crippen LogP contribution in [0.1, 0.15) is 6.92 Å². The molecule has 1 N–H and O–H groups in total.